The fourth-order valence-corrected chi connectivity index (χ4v) is 1.97. The third kappa shape index (κ3) is 3.18. The molecule has 2 rings (SSSR count). The summed E-state index contributed by atoms with van der Waals surface area (Å²) in [7, 11) is 0. The van der Waals surface area contributed by atoms with Crippen LogP contribution in [0.5, 0.6) is 0 Å². The maximum atomic E-state index is 12.1. The first-order chi connectivity index (χ1) is 10.0. The van der Waals surface area contributed by atoms with Gasteiger partial charge in [-0.1, -0.05) is 12.1 Å². The topological polar surface area (TPSA) is 89.0 Å². The average molecular weight is 281 g/mol. The Morgan fingerprint density at radius 1 is 1.38 bits per heavy atom. The lowest BCUT2D eigenvalue weighted by Crippen LogP contribution is -2.09. The van der Waals surface area contributed by atoms with Crippen LogP contribution in [0.2, 0.25) is 0 Å². The number of nitriles is 1. The monoisotopic (exact) mass is 281 g/mol. The zero-order valence-electron chi connectivity index (χ0n) is 11.9. The van der Waals surface area contributed by atoms with E-state index in [2.05, 4.69) is 4.98 Å². The van der Waals surface area contributed by atoms with Crippen molar-refractivity contribution in [2.24, 2.45) is 0 Å². The lowest BCUT2D eigenvalue weighted by molar-refractivity contribution is 0.0471. The van der Waals surface area contributed by atoms with Crippen LogP contribution in [0.15, 0.2) is 30.5 Å². The Balaban J connectivity index is 2.16. The number of anilines is 1. The van der Waals surface area contributed by atoms with E-state index in [0.717, 1.165) is 11.1 Å². The number of aromatic nitrogens is 1. The first kappa shape index (κ1) is 14.5. The standard InChI is InChI=1S/C16H15N3O2/c1-10-6-11(2)14(18)7-13(10)16(20)21-9-12-4-3-5-19-15(12)8-17/h3-7H,9,18H2,1-2H3. The van der Waals surface area contributed by atoms with Crippen LogP contribution in [0.1, 0.15) is 32.7 Å². The Bertz CT molecular complexity index is 733. The van der Waals surface area contributed by atoms with Crippen molar-refractivity contribution in [2.75, 3.05) is 5.73 Å². The fraction of sp³-hybridized carbons (Fsp3) is 0.188. The van der Waals surface area contributed by atoms with Gasteiger partial charge in [0.25, 0.3) is 0 Å². The predicted molar refractivity (Wildman–Crippen MR) is 78.4 cm³/mol. The Labute approximate surface area is 123 Å². The van der Waals surface area contributed by atoms with E-state index in [1.54, 1.807) is 18.2 Å². The summed E-state index contributed by atoms with van der Waals surface area (Å²) in [4.78, 5) is 16.0. The van der Waals surface area contributed by atoms with Gasteiger partial charge in [-0.2, -0.15) is 5.26 Å². The second-order valence-electron chi connectivity index (χ2n) is 4.72. The molecule has 1 heterocycles. The molecule has 21 heavy (non-hydrogen) atoms. The van der Waals surface area contributed by atoms with Crippen molar-refractivity contribution in [3.05, 3.63) is 58.4 Å². The van der Waals surface area contributed by atoms with Gasteiger partial charge < -0.3 is 10.5 Å². The average Bonchev–Trinajstić information content (AvgIpc) is 2.48. The molecule has 0 aliphatic heterocycles. The molecule has 0 spiro atoms. The van der Waals surface area contributed by atoms with Gasteiger partial charge in [-0.25, -0.2) is 9.78 Å². The van der Waals surface area contributed by atoms with Gasteiger partial charge in [-0.05, 0) is 37.1 Å². The summed E-state index contributed by atoms with van der Waals surface area (Å²) in [5, 5.41) is 8.94. The molecule has 0 bridgehead atoms. The molecule has 0 aliphatic carbocycles. The number of hydrogen-bond donors (Lipinski definition) is 1. The number of carbonyl (C=O) groups is 1. The minimum absolute atomic E-state index is 0.00277. The second-order valence-corrected chi connectivity index (χ2v) is 4.72. The van der Waals surface area contributed by atoms with Gasteiger partial charge in [0.1, 0.15) is 18.4 Å². The number of nitrogens with two attached hydrogens (primary N) is 1. The summed E-state index contributed by atoms with van der Waals surface area (Å²) in [6.07, 6.45) is 1.52. The number of nitrogens with zero attached hydrogens (tertiary/aromatic N) is 2. The van der Waals surface area contributed by atoms with Gasteiger partial charge >= 0.3 is 5.97 Å². The third-order valence-electron chi connectivity index (χ3n) is 3.19. The Hall–Kier alpha value is -2.87. The molecule has 0 unspecified atom stereocenters. The summed E-state index contributed by atoms with van der Waals surface area (Å²) >= 11 is 0. The molecule has 0 radical (unpaired) electrons. The molecule has 106 valence electrons. The van der Waals surface area contributed by atoms with Crippen LogP contribution in [0.4, 0.5) is 5.69 Å². The van der Waals surface area contributed by atoms with E-state index in [4.69, 9.17) is 15.7 Å². The summed E-state index contributed by atoms with van der Waals surface area (Å²) in [6.45, 7) is 3.71. The molecule has 2 aromatic rings. The SMILES string of the molecule is Cc1cc(C)c(C(=O)OCc2cccnc2C#N)cc1N. The highest BCUT2D eigenvalue weighted by Crippen LogP contribution is 2.19. The van der Waals surface area contributed by atoms with Crippen LogP contribution in [-0.4, -0.2) is 11.0 Å². The van der Waals surface area contributed by atoms with Crippen molar-refractivity contribution in [3.8, 4) is 6.07 Å². The summed E-state index contributed by atoms with van der Waals surface area (Å²) in [5.74, 6) is -0.466. The van der Waals surface area contributed by atoms with Crippen molar-refractivity contribution >= 4 is 11.7 Å². The van der Waals surface area contributed by atoms with E-state index in [0.29, 0.717) is 16.8 Å². The van der Waals surface area contributed by atoms with E-state index in [1.165, 1.54) is 6.20 Å². The van der Waals surface area contributed by atoms with Crippen molar-refractivity contribution < 1.29 is 9.53 Å². The number of rotatable bonds is 3. The first-order valence-corrected chi connectivity index (χ1v) is 6.40. The van der Waals surface area contributed by atoms with Gasteiger partial charge in [-0.15, -0.1) is 0 Å². The predicted octanol–water partition coefficient (Wildman–Crippen LogP) is 2.51. The Morgan fingerprint density at radius 2 is 2.14 bits per heavy atom. The number of carbonyl (C=O) groups excluding carboxylic acids is 1. The number of benzene rings is 1. The molecule has 0 fully saturated rings. The highest BCUT2D eigenvalue weighted by Gasteiger charge is 2.13. The summed E-state index contributed by atoms with van der Waals surface area (Å²) in [5.41, 5.74) is 9.35. The highest BCUT2D eigenvalue weighted by molar-refractivity contribution is 5.92. The van der Waals surface area contributed by atoms with Crippen LogP contribution in [0.25, 0.3) is 0 Å². The van der Waals surface area contributed by atoms with Gasteiger partial charge in [0.05, 0.1) is 5.56 Å². The van der Waals surface area contributed by atoms with Crippen molar-refractivity contribution in [3.63, 3.8) is 0 Å². The smallest absolute Gasteiger partial charge is 0.338 e. The number of nitrogen functional groups attached to an aromatic ring is 1. The highest BCUT2D eigenvalue weighted by atomic mass is 16.5. The molecule has 0 aliphatic rings. The summed E-state index contributed by atoms with van der Waals surface area (Å²) < 4.78 is 5.25. The minimum atomic E-state index is -0.466. The van der Waals surface area contributed by atoms with E-state index >= 15 is 0 Å². The molecular formula is C16H15N3O2. The molecule has 5 heteroatoms. The largest absolute Gasteiger partial charge is 0.457 e. The molecule has 0 saturated heterocycles. The van der Waals surface area contributed by atoms with Crippen LogP contribution >= 0.6 is 0 Å². The van der Waals surface area contributed by atoms with Gasteiger partial charge in [-0.3, -0.25) is 0 Å². The molecule has 0 amide bonds. The van der Waals surface area contributed by atoms with Crippen molar-refractivity contribution in [1.82, 2.24) is 4.98 Å². The quantitative estimate of drug-likeness (QED) is 0.689. The molecule has 1 aromatic carbocycles. The van der Waals surface area contributed by atoms with Gasteiger partial charge in [0.2, 0.25) is 0 Å². The maximum absolute atomic E-state index is 12.1. The Morgan fingerprint density at radius 3 is 2.86 bits per heavy atom. The lowest BCUT2D eigenvalue weighted by Gasteiger charge is -2.10. The number of esters is 1. The molecule has 0 saturated carbocycles. The van der Waals surface area contributed by atoms with Crippen LogP contribution in [-0.2, 0) is 11.3 Å². The van der Waals surface area contributed by atoms with Crippen LogP contribution in [0.3, 0.4) is 0 Å². The van der Waals surface area contributed by atoms with E-state index < -0.39 is 5.97 Å². The van der Waals surface area contributed by atoms with Gasteiger partial charge in [0, 0.05) is 17.4 Å². The van der Waals surface area contributed by atoms with Gasteiger partial charge in [0.15, 0.2) is 0 Å². The third-order valence-corrected chi connectivity index (χ3v) is 3.19. The second kappa shape index (κ2) is 6.06. The molecular weight excluding hydrogens is 266 g/mol. The normalized spacial score (nSPS) is 9.95. The zero-order valence-corrected chi connectivity index (χ0v) is 11.9. The van der Waals surface area contributed by atoms with Crippen molar-refractivity contribution in [2.45, 2.75) is 20.5 Å². The molecule has 5 nitrogen and oxygen atoms in total. The maximum Gasteiger partial charge on any atom is 0.338 e. The molecule has 0 atom stereocenters. The fourth-order valence-electron chi connectivity index (χ4n) is 1.97. The number of hydrogen-bond acceptors (Lipinski definition) is 5. The van der Waals surface area contributed by atoms with Crippen molar-refractivity contribution in [1.29, 1.82) is 5.26 Å². The van der Waals surface area contributed by atoms with E-state index in [1.807, 2.05) is 26.0 Å². The van der Waals surface area contributed by atoms with Crippen LogP contribution in [0, 0.1) is 25.2 Å². The van der Waals surface area contributed by atoms with E-state index in [-0.39, 0.29) is 12.3 Å². The summed E-state index contributed by atoms with van der Waals surface area (Å²) in [6, 6.07) is 8.82. The first-order valence-electron chi connectivity index (χ1n) is 6.40. The lowest BCUT2D eigenvalue weighted by atomic mass is 10.0. The molecule has 1 aromatic heterocycles. The zero-order chi connectivity index (χ0) is 15.4. The number of ether oxygens (including phenoxy) is 1. The molecule has 2 N–H and O–H groups in total. The van der Waals surface area contributed by atoms with E-state index in [9.17, 15) is 4.79 Å². The number of pyridine rings is 1. The van der Waals surface area contributed by atoms with Crippen LogP contribution < -0.4 is 5.73 Å². The minimum Gasteiger partial charge on any atom is -0.457 e. The Kier molecular flexibility index (Phi) is 4.19. The number of aryl methyl sites for hydroxylation is 2.